The molecule has 2 aromatic rings. The van der Waals surface area contributed by atoms with Crippen LogP contribution in [0.15, 0.2) is 65.8 Å². The fraction of sp³-hybridized carbons (Fsp3) is 0.188. The smallest absolute Gasteiger partial charge is 0.0590 e. The lowest BCUT2D eigenvalue weighted by Gasteiger charge is -2.11. The Morgan fingerprint density at radius 1 is 0.944 bits per heavy atom. The van der Waals surface area contributed by atoms with Crippen LogP contribution in [-0.4, -0.2) is 13.3 Å². The van der Waals surface area contributed by atoms with Gasteiger partial charge in [0.25, 0.3) is 0 Å². The summed E-state index contributed by atoms with van der Waals surface area (Å²) in [5, 5.41) is 6.31. The molecule has 2 aromatic carbocycles. The third-order valence-electron chi connectivity index (χ3n) is 2.79. The van der Waals surface area contributed by atoms with E-state index in [2.05, 4.69) is 41.5 Å². The standard InChI is InChI=1S/C16H18N2/c1-18(16-12-6-3-7-13-16)17-14-8-11-15-9-4-2-5-10-15/h2-7,9-10,12-14H,8,11H2,1H3/b17-14+. The molecule has 0 heterocycles. The van der Waals surface area contributed by atoms with Crippen LogP contribution in [-0.2, 0) is 6.42 Å². The van der Waals surface area contributed by atoms with Crippen LogP contribution in [0, 0.1) is 0 Å². The van der Waals surface area contributed by atoms with E-state index < -0.39 is 0 Å². The van der Waals surface area contributed by atoms with Gasteiger partial charge in [-0.3, -0.25) is 5.01 Å². The number of aryl methyl sites for hydroxylation is 1. The van der Waals surface area contributed by atoms with Crippen molar-refractivity contribution in [1.82, 2.24) is 0 Å². The van der Waals surface area contributed by atoms with Crippen LogP contribution in [0.5, 0.6) is 0 Å². The van der Waals surface area contributed by atoms with E-state index in [0.29, 0.717) is 0 Å². The third-order valence-corrected chi connectivity index (χ3v) is 2.79. The first-order valence-electron chi connectivity index (χ1n) is 6.21. The molecule has 0 atom stereocenters. The Hall–Kier alpha value is -2.09. The molecule has 2 rings (SSSR count). The Kier molecular flexibility index (Phi) is 4.53. The van der Waals surface area contributed by atoms with Crippen LogP contribution < -0.4 is 5.01 Å². The van der Waals surface area contributed by atoms with E-state index in [4.69, 9.17) is 0 Å². The van der Waals surface area contributed by atoms with Crippen molar-refractivity contribution in [2.75, 3.05) is 12.1 Å². The van der Waals surface area contributed by atoms with Gasteiger partial charge in [0.05, 0.1) is 5.69 Å². The second-order valence-corrected chi connectivity index (χ2v) is 4.18. The largest absolute Gasteiger partial charge is 0.269 e. The minimum atomic E-state index is 0.960. The molecule has 0 saturated heterocycles. The van der Waals surface area contributed by atoms with E-state index in [1.807, 2.05) is 42.5 Å². The number of hydrazone groups is 1. The van der Waals surface area contributed by atoms with Crippen molar-refractivity contribution in [3.05, 3.63) is 66.2 Å². The van der Waals surface area contributed by atoms with Gasteiger partial charge in [-0.1, -0.05) is 48.5 Å². The molecule has 0 aromatic heterocycles. The van der Waals surface area contributed by atoms with Gasteiger partial charge in [0.2, 0.25) is 0 Å². The average molecular weight is 238 g/mol. The molecule has 0 aliphatic carbocycles. The number of para-hydroxylation sites is 1. The first-order valence-corrected chi connectivity index (χ1v) is 6.21. The quantitative estimate of drug-likeness (QED) is 0.572. The van der Waals surface area contributed by atoms with Crippen molar-refractivity contribution in [2.45, 2.75) is 12.8 Å². The molecule has 0 N–H and O–H groups in total. The van der Waals surface area contributed by atoms with Crippen LogP contribution in [0.2, 0.25) is 0 Å². The van der Waals surface area contributed by atoms with E-state index in [-0.39, 0.29) is 0 Å². The molecule has 0 amide bonds. The summed E-state index contributed by atoms with van der Waals surface area (Å²) in [6, 6.07) is 20.6. The number of hydrogen-bond acceptors (Lipinski definition) is 2. The SMILES string of the molecule is CN(/N=C/CCc1ccccc1)c1ccccc1. The van der Waals surface area contributed by atoms with Crippen LogP contribution in [0.3, 0.4) is 0 Å². The van der Waals surface area contributed by atoms with Crippen molar-refractivity contribution >= 4 is 11.9 Å². The number of anilines is 1. The van der Waals surface area contributed by atoms with E-state index in [1.165, 1.54) is 5.56 Å². The second-order valence-electron chi connectivity index (χ2n) is 4.18. The highest BCUT2D eigenvalue weighted by molar-refractivity contribution is 5.60. The lowest BCUT2D eigenvalue weighted by Crippen LogP contribution is -2.08. The highest BCUT2D eigenvalue weighted by atomic mass is 15.4. The molecule has 0 aliphatic rings. The zero-order valence-corrected chi connectivity index (χ0v) is 10.7. The van der Waals surface area contributed by atoms with Gasteiger partial charge in [0.15, 0.2) is 0 Å². The van der Waals surface area contributed by atoms with Gasteiger partial charge < -0.3 is 0 Å². The number of hydrogen-bond donors (Lipinski definition) is 0. The van der Waals surface area contributed by atoms with Gasteiger partial charge in [-0.25, -0.2) is 0 Å². The molecule has 18 heavy (non-hydrogen) atoms. The summed E-state index contributed by atoms with van der Waals surface area (Å²) in [5.41, 5.74) is 2.46. The summed E-state index contributed by atoms with van der Waals surface area (Å²) < 4.78 is 0. The topological polar surface area (TPSA) is 15.6 Å². The normalized spacial score (nSPS) is 10.7. The fourth-order valence-electron chi connectivity index (χ4n) is 1.77. The van der Waals surface area contributed by atoms with Crippen LogP contribution in [0.1, 0.15) is 12.0 Å². The van der Waals surface area contributed by atoms with Gasteiger partial charge >= 0.3 is 0 Å². The Morgan fingerprint density at radius 2 is 1.56 bits per heavy atom. The minimum absolute atomic E-state index is 0.960. The third kappa shape index (κ3) is 3.74. The van der Waals surface area contributed by atoms with Crippen molar-refractivity contribution in [3.63, 3.8) is 0 Å². The molecule has 92 valence electrons. The van der Waals surface area contributed by atoms with Gasteiger partial charge in [-0.05, 0) is 30.5 Å². The molecule has 0 aliphatic heterocycles. The van der Waals surface area contributed by atoms with Gasteiger partial charge in [-0.15, -0.1) is 0 Å². The van der Waals surface area contributed by atoms with Crippen molar-refractivity contribution < 1.29 is 0 Å². The summed E-state index contributed by atoms with van der Waals surface area (Å²) >= 11 is 0. The number of nitrogens with zero attached hydrogens (tertiary/aromatic N) is 2. The van der Waals surface area contributed by atoms with E-state index in [1.54, 1.807) is 0 Å². The molecular weight excluding hydrogens is 220 g/mol. The maximum absolute atomic E-state index is 4.42. The number of benzene rings is 2. The summed E-state index contributed by atoms with van der Waals surface area (Å²) in [6.07, 6.45) is 3.97. The molecule has 2 heteroatoms. The molecular formula is C16H18N2. The van der Waals surface area contributed by atoms with Gasteiger partial charge in [-0.2, -0.15) is 5.10 Å². The second kappa shape index (κ2) is 6.60. The Labute approximate surface area is 109 Å². The van der Waals surface area contributed by atoms with Crippen LogP contribution in [0.25, 0.3) is 0 Å². The summed E-state index contributed by atoms with van der Waals surface area (Å²) in [6.45, 7) is 0. The highest BCUT2D eigenvalue weighted by Crippen LogP contribution is 2.10. The zero-order chi connectivity index (χ0) is 12.6. The maximum atomic E-state index is 4.42. The van der Waals surface area contributed by atoms with Crippen molar-refractivity contribution in [1.29, 1.82) is 0 Å². The zero-order valence-electron chi connectivity index (χ0n) is 10.7. The maximum Gasteiger partial charge on any atom is 0.0590 e. The fourth-order valence-corrected chi connectivity index (χ4v) is 1.77. The number of rotatable bonds is 5. The Balaban J connectivity index is 1.82. The Morgan fingerprint density at radius 3 is 2.22 bits per heavy atom. The molecule has 0 spiro atoms. The highest BCUT2D eigenvalue weighted by Gasteiger charge is 1.94. The first-order chi connectivity index (χ1) is 8.86. The van der Waals surface area contributed by atoms with Crippen LogP contribution >= 0.6 is 0 Å². The van der Waals surface area contributed by atoms with Gasteiger partial charge in [0.1, 0.15) is 0 Å². The van der Waals surface area contributed by atoms with E-state index in [0.717, 1.165) is 18.5 Å². The van der Waals surface area contributed by atoms with Gasteiger partial charge in [0, 0.05) is 13.3 Å². The monoisotopic (exact) mass is 238 g/mol. The summed E-state index contributed by atoms with van der Waals surface area (Å²) in [7, 11) is 1.97. The average Bonchev–Trinajstić information content (AvgIpc) is 2.45. The Bertz CT molecular complexity index is 477. The summed E-state index contributed by atoms with van der Waals surface area (Å²) in [5.74, 6) is 0. The van der Waals surface area contributed by atoms with Crippen LogP contribution in [0.4, 0.5) is 5.69 Å². The molecule has 0 unspecified atom stereocenters. The first kappa shape index (κ1) is 12.4. The molecule has 0 fully saturated rings. The van der Waals surface area contributed by atoms with E-state index >= 15 is 0 Å². The minimum Gasteiger partial charge on any atom is -0.269 e. The summed E-state index contributed by atoms with van der Waals surface area (Å²) in [4.78, 5) is 0. The van der Waals surface area contributed by atoms with E-state index in [9.17, 15) is 0 Å². The van der Waals surface area contributed by atoms with Crippen molar-refractivity contribution in [2.24, 2.45) is 5.10 Å². The predicted molar refractivity (Wildman–Crippen MR) is 78.1 cm³/mol. The lowest BCUT2D eigenvalue weighted by molar-refractivity contribution is 0.989. The molecule has 2 nitrogen and oxygen atoms in total. The lowest BCUT2D eigenvalue weighted by atomic mass is 10.1. The molecule has 0 bridgehead atoms. The van der Waals surface area contributed by atoms with Crippen molar-refractivity contribution in [3.8, 4) is 0 Å². The molecule has 0 saturated carbocycles. The predicted octanol–water partition coefficient (Wildman–Crippen LogP) is 3.74. The molecule has 0 radical (unpaired) electrons.